The Kier molecular flexibility index (Phi) is 5.63. The first-order chi connectivity index (χ1) is 12.2. The van der Waals surface area contributed by atoms with Crippen molar-refractivity contribution in [3.8, 4) is 0 Å². The average Bonchev–Trinajstić information content (AvgIpc) is 2.60. The molecule has 1 aliphatic rings. The fourth-order valence-corrected chi connectivity index (χ4v) is 2.18. The minimum absolute atomic E-state index is 0.0485. The molecule has 1 heterocycles. The van der Waals surface area contributed by atoms with Gasteiger partial charge in [-0.1, -0.05) is 13.0 Å². The number of amides is 2. The molecule has 0 radical (unpaired) electrons. The number of benzene rings is 1. The molecule has 0 saturated heterocycles. The lowest BCUT2D eigenvalue weighted by atomic mass is 10.1. The Labute approximate surface area is 146 Å². The van der Waals surface area contributed by atoms with Crippen molar-refractivity contribution in [2.75, 3.05) is 0 Å². The van der Waals surface area contributed by atoms with Gasteiger partial charge in [0.15, 0.2) is 0 Å². The molecule has 2 rings (SSSR count). The SMILES string of the molecule is CCC(=O)NC1(C(=O)NCc2ccc(F)c(C(F)(F)F)c2)C=NC=CN1. The molecule has 26 heavy (non-hydrogen) atoms. The molecule has 3 N–H and O–H groups in total. The molecule has 140 valence electrons. The predicted molar refractivity (Wildman–Crippen MR) is 85.2 cm³/mol. The fourth-order valence-electron chi connectivity index (χ4n) is 2.18. The van der Waals surface area contributed by atoms with Crippen LogP contribution in [0.5, 0.6) is 0 Å². The molecule has 2 amide bonds. The molecule has 1 aromatic rings. The Balaban J connectivity index is 2.15. The van der Waals surface area contributed by atoms with E-state index in [1.165, 1.54) is 18.6 Å². The molecule has 1 atom stereocenters. The molecular weight excluding hydrogens is 356 g/mol. The third kappa shape index (κ3) is 4.38. The summed E-state index contributed by atoms with van der Waals surface area (Å²) in [5, 5.41) is 7.53. The molecule has 0 spiro atoms. The van der Waals surface area contributed by atoms with E-state index in [1.54, 1.807) is 6.92 Å². The monoisotopic (exact) mass is 372 g/mol. The van der Waals surface area contributed by atoms with Gasteiger partial charge in [0.1, 0.15) is 5.82 Å². The van der Waals surface area contributed by atoms with E-state index < -0.39 is 35.0 Å². The summed E-state index contributed by atoms with van der Waals surface area (Å²) in [5.74, 6) is -2.56. The summed E-state index contributed by atoms with van der Waals surface area (Å²) < 4.78 is 51.6. The number of hydrogen-bond donors (Lipinski definition) is 3. The number of aliphatic imine (C=N–C) groups is 1. The molecule has 1 unspecified atom stereocenters. The molecule has 10 heteroatoms. The second-order valence-corrected chi connectivity index (χ2v) is 5.44. The molecule has 0 aromatic heterocycles. The van der Waals surface area contributed by atoms with Crippen molar-refractivity contribution in [3.63, 3.8) is 0 Å². The van der Waals surface area contributed by atoms with Crippen LogP contribution in [0.3, 0.4) is 0 Å². The van der Waals surface area contributed by atoms with Crippen LogP contribution in [0.2, 0.25) is 0 Å². The summed E-state index contributed by atoms with van der Waals surface area (Å²) in [6, 6.07) is 2.43. The molecule has 0 fully saturated rings. The molecule has 1 aromatic carbocycles. The number of carbonyl (C=O) groups excluding carboxylic acids is 2. The number of alkyl halides is 3. The van der Waals surface area contributed by atoms with Crippen LogP contribution < -0.4 is 16.0 Å². The quantitative estimate of drug-likeness (QED) is 0.690. The molecule has 1 aliphatic heterocycles. The minimum atomic E-state index is -4.84. The summed E-state index contributed by atoms with van der Waals surface area (Å²) in [7, 11) is 0. The number of rotatable bonds is 5. The first-order valence-electron chi connectivity index (χ1n) is 7.60. The Morgan fingerprint density at radius 3 is 2.62 bits per heavy atom. The van der Waals surface area contributed by atoms with Crippen LogP contribution in [0.15, 0.2) is 35.6 Å². The predicted octanol–water partition coefficient (Wildman–Crippen LogP) is 1.83. The molecule has 0 aliphatic carbocycles. The van der Waals surface area contributed by atoms with Crippen LogP contribution in [0.25, 0.3) is 0 Å². The highest BCUT2D eigenvalue weighted by atomic mass is 19.4. The van der Waals surface area contributed by atoms with Crippen LogP contribution in [0.4, 0.5) is 17.6 Å². The first-order valence-corrected chi connectivity index (χ1v) is 7.60. The molecular formula is C16H16F4N4O2. The molecule has 6 nitrogen and oxygen atoms in total. The van der Waals surface area contributed by atoms with Crippen molar-refractivity contribution in [2.45, 2.75) is 31.7 Å². The highest BCUT2D eigenvalue weighted by Gasteiger charge is 2.38. The van der Waals surface area contributed by atoms with Crippen molar-refractivity contribution in [3.05, 3.63) is 47.5 Å². The van der Waals surface area contributed by atoms with E-state index in [1.807, 2.05) is 0 Å². The van der Waals surface area contributed by atoms with E-state index in [9.17, 15) is 27.2 Å². The van der Waals surface area contributed by atoms with Gasteiger partial charge in [0, 0.05) is 25.4 Å². The van der Waals surface area contributed by atoms with Crippen LogP contribution >= 0.6 is 0 Å². The Morgan fingerprint density at radius 1 is 1.31 bits per heavy atom. The highest BCUT2D eigenvalue weighted by molar-refractivity contribution is 6.06. The van der Waals surface area contributed by atoms with Crippen molar-refractivity contribution in [1.29, 1.82) is 0 Å². The van der Waals surface area contributed by atoms with Crippen molar-refractivity contribution in [2.24, 2.45) is 4.99 Å². The van der Waals surface area contributed by atoms with Gasteiger partial charge >= 0.3 is 6.18 Å². The zero-order valence-corrected chi connectivity index (χ0v) is 13.7. The zero-order chi connectivity index (χ0) is 19.4. The van der Waals surface area contributed by atoms with Gasteiger partial charge in [-0.25, -0.2) is 4.39 Å². The lowest BCUT2D eigenvalue weighted by Gasteiger charge is -2.31. The van der Waals surface area contributed by atoms with Crippen LogP contribution in [0.1, 0.15) is 24.5 Å². The number of nitrogens with zero attached hydrogens (tertiary/aromatic N) is 1. The zero-order valence-electron chi connectivity index (χ0n) is 13.7. The van der Waals surface area contributed by atoms with Gasteiger partial charge in [-0.2, -0.15) is 13.2 Å². The summed E-state index contributed by atoms with van der Waals surface area (Å²) in [6.45, 7) is 1.29. The highest BCUT2D eigenvalue weighted by Crippen LogP contribution is 2.31. The number of carbonyl (C=O) groups is 2. The molecule has 0 saturated carbocycles. The van der Waals surface area contributed by atoms with Gasteiger partial charge in [-0.05, 0) is 17.7 Å². The molecule has 0 bridgehead atoms. The third-order valence-corrected chi connectivity index (χ3v) is 3.54. The average molecular weight is 372 g/mol. The number of nitrogens with one attached hydrogen (secondary N) is 3. The van der Waals surface area contributed by atoms with Gasteiger partial charge in [-0.3, -0.25) is 14.6 Å². The summed E-state index contributed by atoms with van der Waals surface area (Å²) in [5.41, 5.74) is -3.03. The van der Waals surface area contributed by atoms with Crippen molar-refractivity contribution >= 4 is 18.0 Å². The topological polar surface area (TPSA) is 82.6 Å². The third-order valence-electron chi connectivity index (χ3n) is 3.54. The van der Waals surface area contributed by atoms with Gasteiger partial charge in [-0.15, -0.1) is 0 Å². The van der Waals surface area contributed by atoms with Gasteiger partial charge in [0.25, 0.3) is 5.91 Å². The maximum absolute atomic E-state index is 13.3. The summed E-state index contributed by atoms with van der Waals surface area (Å²) in [6.07, 6.45) is -0.861. The largest absolute Gasteiger partial charge is 0.419 e. The van der Waals surface area contributed by atoms with E-state index in [4.69, 9.17) is 0 Å². The lowest BCUT2D eigenvalue weighted by Crippen LogP contribution is -2.67. The summed E-state index contributed by atoms with van der Waals surface area (Å²) >= 11 is 0. The number of halogens is 4. The van der Waals surface area contributed by atoms with Gasteiger partial charge in [0.2, 0.25) is 11.6 Å². The Morgan fingerprint density at radius 2 is 2.04 bits per heavy atom. The van der Waals surface area contributed by atoms with Gasteiger partial charge in [0.05, 0.1) is 11.8 Å². The first kappa shape index (κ1) is 19.4. The Hall–Kier alpha value is -2.91. The van der Waals surface area contributed by atoms with Gasteiger partial charge < -0.3 is 16.0 Å². The van der Waals surface area contributed by atoms with E-state index in [2.05, 4.69) is 20.9 Å². The fraction of sp³-hybridized carbons (Fsp3) is 0.312. The van der Waals surface area contributed by atoms with E-state index >= 15 is 0 Å². The second kappa shape index (κ2) is 7.54. The minimum Gasteiger partial charge on any atom is -0.355 e. The smallest absolute Gasteiger partial charge is 0.355 e. The van der Waals surface area contributed by atoms with Crippen LogP contribution in [0, 0.1) is 5.82 Å². The van der Waals surface area contributed by atoms with E-state index in [0.717, 1.165) is 6.07 Å². The summed E-state index contributed by atoms with van der Waals surface area (Å²) in [4.78, 5) is 28.0. The van der Waals surface area contributed by atoms with Crippen LogP contribution in [-0.4, -0.2) is 23.7 Å². The van der Waals surface area contributed by atoms with Crippen molar-refractivity contribution < 1.29 is 27.2 Å². The normalized spacial score (nSPS) is 19.0. The van der Waals surface area contributed by atoms with Crippen molar-refractivity contribution in [1.82, 2.24) is 16.0 Å². The maximum atomic E-state index is 13.3. The number of hydrogen-bond acceptors (Lipinski definition) is 4. The maximum Gasteiger partial charge on any atom is 0.419 e. The standard InChI is InChI=1S/C16H16F4N4O2/c1-2-13(25)24-15(9-21-5-6-23-15)14(26)22-8-10-3-4-12(17)11(7-10)16(18,19)20/h3-7,9,23H,2,8H2,1H3,(H,22,26)(H,24,25). The van der Waals surface area contributed by atoms with E-state index in [-0.39, 0.29) is 18.5 Å². The second-order valence-electron chi connectivity index (χ2n) is 5.44. The van der Waals surface area contributed by atoms with E-state index in [0.29, 0.717) is 12.1 Å². The lowest BCUT2D eigenvalue weighted by molar-refractivity contribution is -0.140. The van der Waals surface area contributed by atoms with Crippen LogP contribution in [-0.2, 0) is 22.3 Å². The Bertz CT molecular complexity index is 761.